The predicted octanol–water partition coefficient (Wildman–Crippen LogP) is 3.34. The maximum atomic E-state index is 12.7. The second-order valence-corrected chi connectivity index (χ2v) is 7.32. The van der Waals surface area contributed by atoms with Crippen molar-refractivity contribution in [3.05, 3.63) is 29.8 Å². The maximum Gasteiger partial charge on any atom is 0.317 e. The second-order valence-electron chi connectivity index (χ2n) is 7.32. The first-order chi connectivity index (χ1) is 11.4. The lowest BCUT2D eigenvalue weighted by molar-refractivity contribution is 0.126. The minimum Gasteiger partial charge on any atom is -0.497 e. The first kappa shape index (κ1) is 18.6. The number of hydrogen-bond acceptors (Lipinski definition) is 3. The van der Waals surface area contributed by atoms with E-state index in [2.05, 4.69) is 19.2 Å². The third kappa shape index (κ3) is 4.20. The number of urea groups is 1. The summed E-state index contributed by atoms with van der Waals surface area (Å²) in [5.74, 6) is 0.756. The van der Waals surface area contributed by atoms with Gasteiger partial charge >= 0.3 is 6.03 Å². The van der Waals surface area contributed by atoms with Crippen LogP contribution < -0.4 is 10.1 Å². The first-order valence-electron chi connectivity index (χ1n) is 8.67. The van der Waals surface area contributed by atoms with E-state index in [0.717, 1.165) is 30.6 Å². The van der Waals surface area contributed by atoms with Crippen molar-refractivity contribution in [1.29, 1.82) is 0 Å². The van der Waals surface area contributed by atoms with Gasteiger partial charge in [0.15, 0.2) is 0 Å². The van der Waals surface area contributed by atoms with Crippen LogP contribution in [-0.2, 0) is 0 Å². The summed E-state index contributed by atoms with van der Waals surface area (Å²) in [5, 5.41) is 12.9. The molecular weight excluding hydrogens is 304 g/mol. The highest BCUT2D eigenvalue weighted by molar-refractivity contribution is 5.75. The Balaban J connectivity index is 2.06. The number of aliphatic hydroxyl groups is 1. The van der Waals surface area contributed by atoms with Gasteiger partial charge in [-0.05, 0) is 36.0 Å². The molecule has 0 bridgehead atoms. The third-order valence-corrected chi connectivity index (χ3v) is 5.27. The molecule has 134 valence electrons. The fourth-order valence-electron chi connectivity index (χ4n) is 3.43. The summed E-state index contributed by atoms with van der Waals surface area (Å²) in [4.78, 5) is 14.3. The highest BCUT2D eigenvalue weighted by Crippen LogP contribution is 2.35. The van der Waals surface area contributed by atoms with Crippen molar-refractivity contribution in [2.75, 3.05) is 20.8 Å². The number of methoxy groups -OCH3 is 1. The van der Waals surface area contributed by atoms with Crippen LogP contribution in [0.4, 0.5) is 4.79 Å². The number of ether oxygens (including phenoxy) is 1. The largest absolute Gasteiger partial charge is 0.497 e. The van der Waals surface area contributed by atoms with Crippen LogP contribution in [0.1, 0.15) is 51.1 Å². The molecular formula is C19H30N2O3. The monoisotopic (exact) mass is 334 g/mol. The molecule has 0 heterocycles. The van der Waals surface area contributed by atoms with Gasteiger partial charge in [-0.15, -0.1) is 0 Å². The SMILES string of the molecule is COc1ccc(C(CO)N(C)C(=O)NC2CCCCC2(C)C)cc1. The van der Waals surface area contributed by atoms with E-state index in [9.17, 15) is 9.90 Å². The highest BCUT2D eigenvalue weighted by atomic mass is 16.5. The standard InChI is InChI=1S/C19H30N2O3/c1-19(2)12-6-5-7-17(19)20-18(23)21(3)16(13-22)14-8-10-15(24-4)11-9-14/h8-11,16-17,22H,5-7,12-13H2,1-4H3,(H,20,23). The minimum atomic E-state index is -0.373. The quantitative estimate of drug-likeness (QED) is 0.868. The molecule has 1 saturated carbocycles. The first-order valence-corrected chi connectivity index (χ1v) is 8.67. The Hall–Kier alpha value is -1.75. The maximum absolute atomic E-state index is 12.7. The van der Waals surface area contributed by atoms with Crippen LogP contribution in [-0.4, -0.2) is 42.8 Å². The summed E-state index contributed by atoms with van der Waals surface area (Å²) in [5.41, 5.74) is 1.00. The van der Waals surface area contributed by atoms with Gasteiger partial charge in [0.05, 0.1) is 19.8 Å². The molecule has 2 N–H and O–H groups in total. The molecule has 1 aromatic carbocycles. The molecule has 0 saturated heterocycles. The van der Waals surface area contributed by atoms with Gasteiger partial charge < -0.3 is 20.1 Å². The molecule has 5 nitrogen and oxygen atoms in total. The Kier molecular flexibility index (Phi) is 6.10. The predicted molar refractivity (Wildman–Crippen MR) is 95.2 cm³/mol. The minimum absolute atomic E-state index is 0.115. The normalized spacial score (nSPS) is 21.0. The second kappa shape index (κ2) is 7.88. The van der Waals surface area contributed by atoms with E-state index in [1.165, 1.54) is 6.42 Å². The van der Waals surface area contributed by atoms with Gasteiger partial charge in [0.1, 0.15) is 5.75 Å². The number of aliphatic hydroxyl groups excluding tert-OH is 1. The fraction of sp³-hybridized carbons (Fsp3) is 0.632. The summed E-state index contributed by atoms with van der Waals surface area (Å²) >= 11 is 0. The van der Waals surface area contributed by atoms with Crippen molar-refractivity contribution in [3.63, 3.8) is 0 Å². The third-order valence-electron chi connectivity index (χ3n) is 5.27. The van der Waals surface area contributed by atoms with E-state index in [4.69, 9.17) is 4.74 Å². The van der Waals surface area contributed by atoms with E-state index < -0.39 is 0 Å². The lowest BCUT2D eigenvalue weighted by Gasteiger charge is -2.40. The number of benzene rings is 1. The number of likely N-dealkylation sites (N-methyl/N-ethyl adjacent to an activating group) is 1. The van der Waals surface area contributed by atoms with Crippen LogP contribution in [0.5, 0.6) is 5.75 Å². The molecule has 1 fully saturated rings. The molecule has 1 aliphatic carbocycles. The molecule has 2 amide bonds. The lowest BCUT2D eigenvalue weighted by Crippen LogP contribution is -2.51. The van der Waals surface area contributed by atoms with Crippen molar-refractivity contribution >= 4 is 6.03 Å². The van der Waals surface area contributed by atoms with Crippen molar-refractivity contribution in [3.8, 4) is 5.75 Å². The summed E-state index contributed by atoms with van der Waals surface area (Å²) in [7, 11) is 3.35. The zero-order chi connectivity index (χ0) is 17.7. The molecule has 2 atom stereocenters. The van der Waals surface area contributed by atoms with Gasteiger partial charge in [-0.2, -0.15) is 0 Å². The van der Waals surface area contributed by atoms with Gasteiger partial charge in [0, 0.05) is 13.1 Å². The molecule has 0 aliphatic heterocycles. The van der Waals surface area contributed by atoms with E-state index in [-0.39, 0.29) is 30.1 Å². The van der Waals surface area contributed by atoms with Crippen molar-refractivity contribution in [2.45, 2.75) is 51.6 Å². The zero-order valence-electron chi connectivity index (χ0n) is 15.2. The van der Waals surface area contributed by atoms with E-state index in [0.29, 0.717) is 0 Å². The van der Waals surface area contributed by atoms with Gasteiger partial charge in [0.25, 0.3) is 0 Å². The Bertz CT molecular complexity index is 542. The van der Waals surface area contributed by atoms with Gasteiger partial charge in [-0.3, -0.25) is 0 Å². The smallest absolute Gasteiger partial charge is 0.317 e. The van der Waals surface area contributed by atoms with E-state index >= 15 is 0 Å². The zero-order valence-corrected chi connectivity index (χ0v) is 15.2. The summed E-state index contributed by atoms with van der Waals surface area (Å²) < 4.78 is 5.16. The number of carbonyl (C=O) groups is 1. The summed E-state index contributed by atoms with van der Waals surface area (Å²) in [6.07, 6.45) is 4.52. The molecule has 1 aliphatic rings. The number of nitrogens with zero attached hydrogens (tertiary/aromatic N) is 1. The topological polar surface area (TPSA) is 61.8 Å². The van der Waals surface area contributed by atoms with E-state index in [1.54, 1.807) is 19.1 Å². The molecule has 0 radical (unpaired) electrons. The molecule has 1 aromatic rings. The molecule has 2 unspecified atom stereocenters. The molecule has 0 spiro atoms. The average molecular weight is 334 g/mol. The van der Waals surface area contributed by atoms with Crippen molar-refractivity contribution < 1.29 is 14.6 Å². The van der Waals surface area contributed by atoms with E-state index in [1.807, 2.05) is 24.3 Å². The van der Waals surface area contributed by atoms with Crippen LogP contribution in [0.2, 0.25) is 0 Å². The van der Waals surface area contributed by atoms with Crippen LogP contribution in [0.15, 0.2) is 24.3 Å². The summed E-state index contributed by atoms with van der Waals surface area (Å²) in [6.45, 7) is 4.30. The number of rotatable bonds is 5. The Labute approximate surface area is 145 Å². The molecule has 5 heteroatoms. The van der Waals surface area contributed by atoms with Crippen LogP contribution >= 0.6 is 0 Å². The Morgan fingerprint density at radius 3 is 2.58 bits per heavy atom. The lowest BCUT2D eigenvalue weighted by atomic mass is 9.73. The number of carbonyl (C=O) groups excluding carboxylic acids is 1. The average Bonchev–Trinajstić information content (AvgIpc) is 2.57. The van der Waals surface area contributed by atoms with Crippen LogP contribution in [0.25, 0.3) is 0 Å². The Morgan fingerprint density at radius 1 is 1.38 bits per heavy atom. The Morgan fingerprint density at radius 2 is 2.04 bits per heavy atom. The number of nitrogens with one attached hydrogen (secondary N) is 1. The fourth-order valence-corrected chi connectivity index (χ4v) is 3.43. The van der Waals surface area contributed by atoms with Crippen molar-refractivity contribution in [2.24, 2.45) is 5.41 Å². The highest BCUT2D eigenvalue weighted by Gasteiger charge is 2.34. The molecule has 2 rings (SSSR count). The van der Waals surface area contributed by atoms with Gasteiger partial charge in [-0.1, -0.05) is 38.8 Å². The number of hydrogen-bond donors (Lipinski definition) is 2. The van der Waals surface area contributed by atoms with Crippen LogP contribution in [0.3, 0.4) is 0 Å². The van der Waals surface area contributed by atoms with Gasteiger partial charge in [0.2, 0.25) is 0 Å². The van der Waals surface area contributed by atoms with Gasteiger partial charge in [-0.25, -0.2) is 4.79 Å². The van der Waals surface area contributed by atoms with Crippen molar-refractivity contribution in [1.82, 2.24) is 10.2 Å². The molecule has 24 heavy (non-hydrogen) atoms. The summed E-state index contributed by atoms with van der Waals surface area (Å²) in [6, 6.07) is 7.12. The number of amides is 2. The molecule has 0 aromatic heterocycles. The van der Waals surface area contributed by atoms with Crippen LogP contribution in [0, 0.1) is 5.41 Å².